The maximum absolute atomic E-state index is 6.03. The molecule has 0 amide bonds. The maximum Gasteiger partial charge on any atom is 0.135 e. The minimum Gasteiger partial charge on any atom is -0.321 e. The van der Waals surface area contributed by atoms with Gasteiger partial charge in [0.25, 0.3) is 0 Å². The highest BCUT2D eigenvalue weighted by molar-refractivity contribution is 6.35. The van der Waals surface area contributed by atoms with Crippen LogP contribution in [0.5, 0.6) is 0 Å². The van der Waals surface area contributed by atoms with Crippen molar-refractivity contribution in [2.75, 3.05) is 0 Å². The molecule has 0 fully saturated rings. The molecule has 1 aromatic heterocycles. The molecule has 1 atom stereocenters. The zero-order chi connectivity index (χ0) is 10.1. The van der Waals surface area contributed by atoms with Crippen molar-refractivity contribution in [2.24, 2.45) is 5.73 Å². The number of nitrogens with two attached hydrogens (primary N) is 1. The number of pyridine rings is 1. The molecule has 1 rings (SSSR count). The van der Waals surface area contributed by atoms with Crippen molar-refractivity contribution in [3.63, 3.8) is 0 Å². The molecule has 13 heavy (non-hydrogen) atoms. The van der Waals surface area contributed by atoms with Crippen LogP contribution in [0.1, 0.15) is 25.8 Å². The molecule has 0 bridgehead atoms. The Labute approximate surface area is 88.1 Å². The van der Waals surface area contributed by atoms with Crippen molar-refractivity contribution in [1.29, 1.82) is 0 Å². The molecule has 0 aliphatic heterocycles. The lowest BCUT2D eigenvalue weighted by molar-refractivity contribution is 0.475. The molecule has 1 aromatic rings. The Kier molecular flexibility index (Phi) is 3.17. The summed E-state index contributed by atoms with van der Waals surface area (Å²) in [4.78, 5) is 3.96. The van der Waals surface area contributed by atoms with E-state index in [9.17, 15) is 0 Å². The fourth-order valence-corrected chi connectivity index (χ4v) is 1.88. The van der Waals surface area contributed by atoms with Gasteiger partial charge in [-0.25, -0.2) is 4.98 Å². The summed E-state index contributed by atoms with van der Waals surface area (Å²) >= 11 is 11.9. The highest BCUT2D eigenvalue weighted by Gasteiger charge is 2.25. The van der Waals surface area contributed by atoms with Crippen LogP contribution in [0, 0.1) is 0 Å². The minimum absolute atomic E-state index is 0.388. The highest BCUT2D eigenvalue weighted by Crippen LogP contribution is 2.32. The molecule has 2 nitrogen and oxygen atoms in total. The number of hydrogen-bond acceptors (Lipinski definition) is 2. The second kappa shape index (κ2) is 3.82. The van der Waals surface area contributed by atoms with E-state index in [1.54, 1.807) is 12.3 Å². The summed E-state index contributed by atoms with van der Waals surface area (Å²) in [5.74, 6) is 0. The Morgan fingerprint density at radius 3 is 2.62 bits per heavy atom. The predicted octanol–water partition coefficient (Wildman–Crippen LogP) is 2.97. The number of aromatic nitrogens is 1. The first-order valence-electron chi connectivity index (χ1n) is 4.08. The second-order valence-corrected chi connectivity index (χ2v) is 3.99. The Morgan fingerprint density at radius 2 is 2.15 bits per heavy atom. The zero-order valence-electron chi connectivity index (χ0n) is 7.64. The largest absolute Gasteiger partial charge is 0.321 e. The Balaban J connectivity index is 3.28. The van der Waals surface area contributed by atoms with Gasteiger partial charge in [-0.15, -0.1) is 0 Å². The van der Waals surface area contributed by atoms with Crippen LogP contribution in [0.3, 0.4) is 0 Å². The second-order valence-electron chi connectivity index (χ2n) is 3.23. The molecular formula is C9H12Cl2N2. The van der Waals surface area contributed by atoms with Crippen LogP contribution in [0.2, 0.25) is 10.2 Å². The zero-order valence-corrected chi connectivity index (χ0v) is 9.15. The van der Waals surface area contributed by atoms with E-state index < -0.39 is 5.54 Å². The molecule has 1 unspecified atom stereocenters. The molecule has 0 saturated carbocycles. The van der Waals surface area contributed by atoms with E-state index in [1.807, 2.05) is 13.8 Å². The Morgan fingerprint density at radius 1 is 1.54 bits per heavy atom. The van der Waals surface area contributed by atoms with Crippen LogP contribution in [0.4, 0.5) is 0 Å². The molecule has 0 radical (unpaired) electrons. The molecule has 0 aliphatic carbocycles. The van der Waals surface area contributed by atoms with E-state index >= 15 is 0 Å². The molecule has 0 aromatic carbocycles. The summed E-state index contributed by atoms with van der Waals surface area (Å²) in [5, 5.41) is 0.964. The maximum atomic E-state index is 6.03. The van der Waals surface area contributed by atoms with Gasteiger partial charge in [0, 0.05) is 17.3 Å². The van der Waals surface area contributed by atoms with E-state index in [-0.39, 0.29) is 0 Å². The minimum atomic E-state index is -0.511. The van der Waals surface area contributed by atoms with Gasteiger partial charge >= 0.3 is 0 Å². The lowest BCUT2D eigenvalue weighted by atomic mass is 9.92. The third-order valence-corrected chi connectivity index (χ3v) is 2.76. The summed E-state index contributed by atoms with van der Waals surface area (Å²) in [5.41, 5.74) is 6.24. The smallest absolute Gasteiger partial charge is 0.135 e. The summed E-state index contributed by atoms with van der Waals surface area (Å²) in [6, 6.07) is 1.70. The van der Waals surface area contributed by atoms with Crippen molar-refractivity contribution in [3.05, 3.63) is 28.0 Å². The molecule has 72 valence electrons. The topological polar surface area (TPSA) is 38.9 Å². The normalized spacial score (nSPS) is 15.5. The standard InChI is InChI=1S/C9H12Cl2N2/c1-3-9(2,12)7-6(10)4-5-13-8(7)11/h4-5H,3,12H2,1-2H3. The van der Waals surface area contributed by atoms with Gasteiger partial charge in [0.1, 0.15) is 5.15 Å². The van der Waals surface area contributed by atoms with Gasteiger partial charge in [-0.3, -0.25) is 0 Å². The van der Waals surface area contributed by atoms with Crippen LogP contribution >= 0.6 is 23.2 Å². The molecule has 0 aliphatic rings. The van der Waals surface area contributed by atoms with Crippen molar-refractivity contribution < 1.29 is 0 Å². The van der Waals surface area contributed by atoms with Gasteiger partial charge in [-0.1, -0.05) is 30.1 Å². The fraction of sp³-hybridized carbons (Fsp3) is 0.444. The SMILES string of the molecule is CCC(C)(N)c1c(Cl)ccnc1Cl. The van der Waals surface area contributed by atoms with Crippen LogP contribution < -0.4 is 5.73 Å². The van der Waals surface area contributed by atoms with E-state index in [2.05, 4.69) is 4.98 Å². The van der Waals surface area contributed by atoms with E-state index in [1.165, 1.54) is 0 Å². The van der Waals surface area contributed by atoms with Gasteiger partial charge < -0.3 is 5.73 Å². The summed E-state index contributed by atoms with van der Waals surface area (Å²) in [6.45, 7) is 3.88. The average molecular weight is 219 g/mol. The van der Waals surface area contributed by atoms with Gasteiger partial charge in [0.15, 0.2) is 0 Å². The monoisotopic (exact) mass is 218 g/mol. The van der Waals surface area contributed by atoms with Gasteiger partial charge in [0.05, 0.1) is 5.02 Å². The molecule has 1 heterocycles. The molecule has 0 saturated heterocycles. The summed E-state index contributed by atoms with van der Waals surface area (Å²) < 4.78 is 0. The van der Waals surface area contributed by atoms with Crippen LogP contribution in [0.25, 0.3) is 0 Å². The van der Waals surface area contributed by atoms with E-state index in [0.717, 1.165) is 12.0 Å². The molecule has 4 heteroatoms. The highest BCUT2D eigenvalue weighted by atomic mass is 35.5. The van der Waals surface area contributed by atoms with Crippen LogP contribution in [-0.2, 0) is 5.54 Å². The fourth-order valence-electron chi connectivity index (χ4n) is 1.10. The average Bonchev–Trinajstić information content (AvgIpc) is 2.03. The van der Waals surface area contributed by atoms with Crippen LogP contribution in [-0.4, -0.2) is 4.98 Å². The lowest BCUT2D eigenvalue weighted by Gasteiger charge is -2.24. The number of hydrogen-bond donors (Lipinski definition) is 1. The van der Waals surface area contributed by atoms with Crippen molar-refractivity contribution in [3.8, 4) is 0 Å². The first-order valence-corrected chi connectivity index (χ1v) is 4.84. The number of halogens is 2. The number of rotatable bonds is 2. The lowest BCUT2D eigenvalue weighted by Crippen LogP contribution is -2.32. The summed E-state index contributed by atoms with van der Waals surface area (Å²) in [6.07, 6.45) is 2.33. The van der Waals surface area contributed by atoms with Crippen molar-refractivity contribution >= 4 is 23.2 Å². The first kappa shape index (κ1) is 10.8. The van der Waals surface area contributed by atoms with Gasteiger partial charge in [-0.05, 0) is 19.4 Å². The van der Waals surface area contributed by atoms with Crippen LogP contribution in [0.15, 0.2) is 12.3 Å². The number of nitrogens with zero attached hydrogens (tertiary/aromatic N) is 1. The predicted molar refractivity (Wildman–Crippen MR) is 56.1 cm³/mol. The van der Waals surface area contributed by atoms with E-state index in [4.69, 9.17) is 28.9 Å². The third kappa shape index (κ3) is 2.13. The third-order valence-electron chi connectivity index (χ3n) is 2.16. The molecule has 0 spiro atoms. The Bertz CT molecular complexity index is 290. The first-order chi connectivity index (χ1) is 5.99. The molecule has 2 N–H and O–H groups in total. The van der Waals surface area contributed by atoms with E-state index in [0.29, 0.717) is 10.2 Å². The summed E-state index contributed by atoms with van der Waals surface area (Å²) in [7, 11) is 0. The van der Waals surface area contributed by atoms with Gasteiger partial charge in [-0.2, -0.15) is 0 Å². The van der Waals surface area contributed by atoms with Crippen molar-refractivity contribution in [2.45, 2.75) is 25.8 Å². The quantitative estimate of drug-likeness (QED) is 0.776. The van der Waals surface area contributed by atoms with Crippen molar-refractivity contribution in [1.82, 2.24) is 4.98 Å². The Hall–Kier alpha value is -0.310. The molecular weight excluding hydrogens is 207 g/mol. The van der Waals surface area contributed by atoms with Gasteiger partial charge in [0.2, 0.25) is 0 Å².